The van der Waals surface area contributed by atoms with Crippen LogP contribution in [0.3, 0.4) is 0 Å². The van der Waals surface area contributed by atoms with E-state index in [2.05, 4.69) is 55.9 Å². The summed E-state index contributed by atoms with van der Waals surface area (Å²) in [5.41, 5.74) is 2.94. The van der Waals surface area contributed by atoms with Crippen LogP contribution in [0, 0.1) is 6.92 Å². The van der Waals surface area contributed by atoms with Crippen molar-refractivity contribution in [2.45, 2.75) is 25.5 Å². The van der Waals surface area contributed by atoms with Gasteiger partial charge in [0.1, 0.15) is 0 Å². The second-order valence-electron chi connectivity index (χ2n) is 4.27. The molecule has 15 heavy (non-hydrogen) atoms. The minimum Gasteiger partial charge on any atom is -0.179 e. The maximum atomic E-state index is 4.01. The zero-order valence-electron chi connectivity index (χ0n) is 8.93. The van der Waals surface area contributed by atoms with Crippen LogP contribution in [-0.2, 0) is 5.75 Å². The van der Waals surface area contributed by atoms with Gasteiger partial charge in [-0.3, -0.25) is 0 Å². The molecule has 0 nitrogen and oxygen atoms in total. The van der Waals surface area contributed by atoms with Gasteiger partial charge in [0, 0.05) is 10.2 Å². The average molecular weight is 352 g/mol. The molecule has 84 valence electrons. The van der Waals surface area contributed by atoms with Crippen LogP contribution in [0.4, 0.5) is 0 Å². The lowest BCUT2D eigenvalue weighted by Crippen LogP contribution is -1.99. The zero-order chi connectivity index (χ0) is 10.9. The first-order chi connectivity index (χ1) is 7.09. The fourth-order valence-corrected chi connectivity index (χ4v) is 7.47. The highest BCUT2D eigenvalue weighted by Gasteiger charge is 2.25. The number of benzene rings is 1. The molecule has 0 amide bonds. The van der Waals surface area contributed by atoms with Gasteiger partial charge < -0.3 is 0 Å². The van der Waals surface area contributed by atoms with Gasteiger partial charge in [-0.05, 0) is 69.3 Å². The van der Waals surface area contributed by atoms with E-state index in [0.29, 0.717) is 0 Å². The van der Waals surface area contributed by atoms with E-state index in [-0.39, 0.29) is 0 Å². The molecular formula is C12H16Br2S. The van der Waals surface area contributed by atoms with Crippen molar-refractivity contribution < 1.29 is 0 Å². The Kier molecular flexibility index (Phi) is 3.84. The van der Waals surface area contributed by atoms with Gasteiger partial charge in [-0.2, -0.15) is 8.46 Å². The largest absolute Gasteiger partial charge is 0.179 e. The first kappa shape index (κ1) is 12.0. The molecule has 0 bridgehead atoms. The van der Waals surface area contributed by atoms with Crippen LogP contribution in [-0.4, -0.2) is 11.5 Å². The van der Waals surface area contributed by atoms with Crippen LogP contribution >= 0.6 is 39.2 Å². The Hall–Kier alpha value is 0.530. The fraction of sp³-hybridized carbons (Fsp3) is 0.500. The van der Waals surface area contributed by atoms with E-state index in [4.69, 9.17) is 0 Å². The van der Waals surface area contributed by atoms with Gasteiger partial charge in [0.25, 0.3) is 0 Å². The van der Waals surface area contributed by atoms with Crippen molar-refractivity contribution >= 4 is 39.2 Å². The van der Waals surface area contributed by atoms with Crippen molar-refractivity contribution in [3.05, 3.63) is 33.8 Å². The summed E-state index contributed by atoms with van der Waals surface area (Å²) in [5.74, 6) is 4.07. The van der Waals surface area contributed by atoms with Crippen LogP contribution in [0.1, 0.15) is 24.0 Å². The predicted molar refractivity (Wildman–Crippen MR) is 78.1 cm³/mol. The Labute approximate surface area is 109 Å². The van der Waals surface area contributed by atoms with Crippen molar-refractivity contribution in [2.24, 2.45) is 0 Å². The molecule has 0 radical (unpaired) electrons. The highest BCUT2D eigenvalue weighted by atomic mass is 79.9. The summed E-state index contributed by atoms with van der Waals surface area (Å²) < 4.78 is 1.19. The third kappa shape index (κ3) is 3.01. The van der Waals surface area contributed by atoms with E-state index >= 15 is 0 Å². The molecule has 1 heterocycles. The van der Waals surface area contributed by atoms with Crippen LogP contribution in [0.15, 0.2) is 22.7 Å². The molecule has 0 atom stereocenters. The van der Waals surface area contributed by atoms with Crippen molar-refractivity contribution in [1.82, 2.24) is 0 Å². The molecule has 0 saturated carbocycles. The third-order valence-corrected chi connectivity index (χ3v) is 8.98. The van der Waals surface area contributed by atoms with Gasteiger partial charge in [0.2, 0.25) is 0 Å². The minimum absolute atomic E-state index is 0.495. The predicted octanol–water partition coefficient (Wildman–Crippen LogP) is 5.17. The molecule has 0 aliphatic carbocycles. The van der Waals surface area contributed by atoms with Gasteiger partial charge in [-0.15, -0.1) is 0 Å². The van der Waals surface area contributed by atoms with Gasteiger partial charge >= 0.3 is 0 Å². The van der Waals surface area contributed by atoms with Gasteiger partial charge in [-0.1, -0.05) is 22.0 Å². The quantitative estimate of drug-likeness (QED) is 0.689. The summed E-state index contributed by atoms with van der Waals surface area (Å²) >= 11 is 7.52. The molecule has 2 rings (SSSR count). The first-order valence-electron chi connectivity index (χ1n) is 5.30. The Morgan fingerprint density at radius 3 is 2.53 bits per heavy atom. The van der Waals surface area contributed by atoms with E-state index in [9.17, 15) is 0 Å². The van der Waals surface area contributed by atoms with Gasteiger partial charge in [-0.25, -0.2) is 0 Å². The molecule has 3 heteroatoms. The molecule has 0 unspecified atom stereocenters. The summed E-state index contributed by atoms with van der Waals surface area (Å²) in [4.78, 5) is 0. The summed E-state index contributed by atoms with van der Waals surface area (Å²) in [7, 11) is -0.495. The lowest BCUT2D eigenvalue weighted by molar-refractivity contribution is 0.949. The van der Waals surface area contributed by atoms with Crippen molar-refractivity contribution in [3.8, 4) is 0 Å². The number of halogens is 2. The Bertz CT molecular complexity index is 357. The van der Waals surface area contributed by atoms with Crippen molar-refractivity contribution in [3.63, 3.8) is 0 Å². The van der Waals surface area contributed by atoms with Crippen LogP contribution in [0.2, 0.25) is 0 Å². The average Bonchev–Trinajstić information content (AvgIpc) is 2.58. The van der Waals surface area contributed by atoms with Gasteiger partial charge in [0.15, 0.2) is 0 Å². The smallest absolute Gasteiger partial charge is 0.0178 e. The fourth-order valence-electron chi connectivity index (χ4n) is 2.07. The van der Waals surface area contributed by atoms with Crippen LogP contribution in [0.25, 0.3) is 0 Å². The highest BCUT2D eigenvalue weighted by Crippen LogP contribution is 2.62. The summed E-state index contributed by atoms with van der Waals surface area (Å²) in [6.45, 7) is 2.21. The number of aryl methyl sites for hydroxylation is 1. The van der Waals surface area contributed by atoms with Crippen LogP contribution < -0.4 is 0 Å². The van der Waals surface area contributed by atoms with Crippen molar-refractivity contribution in [2.75, 3.05) is 11.5 Å². The number of rotatable bonds is 2. The first-order valence-corrected chi connectivity index (χ1v) is 10.1. The Balaban J connectivity index is 2.16. The summed E-state index contributed by atoms with van der Waals surface area (Å²) in [6, 6.07) is 6.65. The van der Waals surface area contributed by atoms with Crippen LogP contribution in [0.5, 0.6) is 0 Å². The van der Waals surface area contributed by atoms with E-state index < -0.39 is 8.46 Å². The molecule has 1 aromatic rings. The van der Waals surface area contributed by atoms with Crippen molar-refractivity contribution in [1.29, 1.82) is 0 Å². The summed E-state index contributed by atoms with van der Waals surface area (Å²) in [6.07, 6.45) is 2.83. The van der Waals surface area contributed by atoms with E-state index in [0.717, 1.165) is 0 Å². The van der Waals surface area contributed by atoms with E-state index in [1.165, 1.54) is 45.7 Å². The summed E-state index contributed by atoms with van der Waals surface area (Å²) in [5, 5.41) is 0. The molecule has 1 aliphatic heterocycles. The minimum atomic E-state index is -0.495. The third-order valence-electron chi connectivity index (χ3n) is 2.99. The molecule has 0 spiro atoms. The Morgan fingerprint density at radius 1 is 1.27 bits per heavy atom. The van der Waals surface area contributed by atoms with Gasteiger partial charge in [0.05, 0.1) is 0 Å². The maximum absolute atomic E-state index is 4.01. The molecular weight excluding hydrogens is 336 g/mol. The van der Waals surface area contributed by atoms with E-state index in [1.807, 2.05) is 0 Å². The molecule has 1 aromatic carbocycles. The molecule has 0 N–H and O–H groups in total. The maximum Gasteiger partial charge on any atom is 0.0178 e. The molecule has 0 aromatic heterocycles. The standard InChI is InChI=1S/C12H16Br2S/c1-10-8-12(13)5-4-11(10)9-15(14)6-2-3-7-15/h4-5,8H,2-3,6-7,9H2,1H3. The molecule has 1 saturated heterocycles. The SMILES string of the molecule is Cc1cc(Br)ccc1CS1(Br)CCCC1. The monoisotopic (exact) mass is 350 g/mol. The zero-order valence-corrected chi connectivity index (χ0v) is 12.9. The second kappa shape index (κ2) is 4.80. The number of hydrogen-bond acceptors (Lipinski definition) is 0. The normalized spacial score (nSPS) is 21.5. The number of hydrogen-bond donors (Lipinski definition) is 0. The molecule has 1 aliphatic rings. The highest BCUT2D eigenvalue weighted by molar-refractivity contribution is 9.58. The lowest BCUT2D eigenvalue weighted by Gasteiger charge is -2.28. The second-order valence-corrected chi connectivity index (χ2v) is 12.3. The molecule has 1 fully saturated rings. The Morgan fingerprint density at radius 2 is 1.93 bits per heavy atom. The van der Waals surface area contributed by atoms with E-state index in [1.54, 1.807) is 0 Å². The topological polar surface area (TPSA) is 0 Å². The lowest BCUT2D eigenvalue weighted by atomic mass is 10.1.